The molecule has 0 amide bonds. The lowest BCUT2D eigenvalue weighted by molar-refractivity contribution is -0.137. The Balaban J connectivity index is 2.12. The van der Waals surface area contributed by atoms with Crippen LogP contribution in [0, 0.1) is 0 Å². The average Bonchev–Trinajstić information content (AvgIpc) is 2.39. The molecule has 0 spiro atoms. The van der Waals surface area contributed by atoms with E-state index in [1.165, 1.54) is 23.9 Å². The smallest absolute Gasteiger partial charge is 0.166 e. The van der Waals surface area contributed by atoms with Crippen LogP contribution < -0.4 is 0 Å². The molecule has 0 saturated heterocycles. The van der Waals surface area contributed by atoms with Crippen molar-refractivity contribution < 1.29 is 13.2 Å². The summed E-state index contributed by atoms with van der Waals surface area (Å²) in [5.41, 5.74) is -0.0411. The molecule has 0 heterocycles. The van der Waals surface area contributed by atoms with Gasteiger partial charge in [0, 0.05) is 4.90 Å². The van der Waals surface area contributed by atoms with E-state index in [4.69, 9.17) is 12.2 Å². The Bertz CT molecular complexity index is 559. The summed E-state index contributed by atoms with van der Waals surface area (Å²) in [5.74, 6) is 0. The van der Waals surface area contributed by atoms with Crippen molar-refractivity contribution >= 4 is 28.2 Å². The van der Waals surface area contributed by atoms with E-state index in [1.807, 2.05) is 30.3 Å². The molecule has 0 nitrogen and oxygen atoms in total. The second-order valence-electron chi connectivity index (χ2n) is 3.78. The zero-order valence-electron chi connectivity index (χ0n) is 9.65. The third-order valence-corrected chi connectivity index (χ3v) is 3.82. The van der Waals surface area contributed by atoms with Gasteiger partial charge in [0.1, 0.15) is 0 Å². The number of benzene rings is 2. The number of thioether (sulfide) groups is 1. The van der Waals surface area contributed by atoms with Gasteiger partial charge in [0.05, 0.1) is 9.76 Å². The van der Waals surface area contributed by atoms with Gasteiger partial charge in [-0.1, -0.05) is 54.3 Å². The third kappa shape index (κ3) is 3.81. The molecule has 2 aromatic rings. The molecule has 0 bridgehead atoms. The predicted octanol–water partition coefficient (Wildman–Crippen LogP) is 5.17. The number of thiocarbonyl (C=S) groups is 1. The van der Waals surface area contributed by atoms with Gasteiger partial charge < -0.3 is 0 Å². The van der Waals surface area contributed by atoms with Crippen LogP contribution in [-0.4, -0.2) is 4.20 Å². The van der Waals surface area contributed by atoms with Crippen molar-refractivity contribution in [3.63, 3.8) is 0 Å². The third-order valence-electron chi connectivity index (χ3n) is 2.40. The average molecular weight is 298 g/mol. The zero-order valence-corrected chi connectivity index (χ0v) is 11.3. The molecule has 0 aliphatic rings. The molecule has 0 aliphatic heterocycles. The molecule has 0 fully saturated rings. The summed E-state index contributed by atoms with van der Waals surface area (Å²) < 4.78 is 37.8. The summed E-state index contributed by atoms with van der Waals surface area (Å²) >= 11 is 6.58. The van der Waals surface area contributed by atoms with Gasteiger partial charge in [-0.05, 0) is 29.8 Å². The van der Waals surface area contributed by atoms with Crippen LogP contribution in [0.5, 0.6) is 0 Å². The Kier molecular flexibility index (Phi) is 4.27. The molecule has 0 aromatic heterocycles. The fraction of sp³-hybridized carbons (Fsp3) is 0.0714. The first-order valence-electron chi connectivity index (χ1n) is 5.41. The summed E-state index contributed by atoms with van der Waals surface area (Å²) in [6.07, 6.45) is -4.31. The number of rotatable bonds is 2. The maximum absolute atomic E-state index is 12.4. The molecule has 19 heavy (non-hydrogen) atoms. The van der Waals surface area contributed by atoms with Crippen LogP contribution in [0.15, 0.2) is 59.5 Å². The van der Waals surface area contributed by atoms with E-state index in [-0.39, 0.29) is 0 Å². The van der Waals surface area contributed by atoms with Crippen LogP contribution in [0.25, 0.3) is 0 Å². The summed E-state index contributed by atoms with van der Waals surface area (Å²) in [6, 6.07) is 14.4. The number of hydrogen-bond acceptors (Lipinski definition) is 2. The molecule has 0 unspecified atom stereocenters. The molecular formula is C14H9F3S2. The minimum atomic E-state index is -4.31. The highest BCUT2D eigenvalue weighted by atomic mass is 32.2. The van der Waals surface area contributed by atoms with Gasteiger partial charge in [-0.15, -0.1) is 0 Å². The van der Waals surface area contributed by atoms with Crippen LogP contribution in [0.2, 0.25) is 0 Å². The van der Waals surface area contributed by atoms with Crippen molar-refractivity contribution in [2.45, 2.75) is 11.1 Å². The monoisotopic (exact) mass is 298 g/mol. The Morgan fingerprint density at radius 2 is 1.47 bits per heavy atom. The molecular weight excluding hydrogens is 289 g/mol. The van der Waals surface area contributed by atoms with E-state index in [0.717, 1.165) is 17.0 Å². The summed E-state index contributed by atoms with van der Waals surface area (Å²) in [6.45, 7) is 0. The summed E-state index contributed by atoms with van der Waals surface area (Å²) in [4.78, 5) is 0.965. The normalized spacial score (nSPS) is 11.3. The van der Waals surface area contributed by atoms with Crippen molar-refractivity contribution in [1.29, 1.82) is 0 Å². The first-order chi connectivity index (χ1) is 8.97. The van der Waals surface area contributed by atoms with Crippen molar-refractivity contribution in [1.82, 2.24) is 0 Å². The molecule has 0 aliphatic carbocycles. The highest BCUT2D eigenvalue weighted by Crippen LogP contribution is 2.30. The van der Waals surface area contributed by atoms with Gasteiger partial charge >= 0.3 is 6.18 Å². The molecule has 0 saturated carbocycles. The van der Waals surface area contributed by atoms with E-state index in [0.29, 0.717) is 9.76 Å². The largest absolute Gasteiger partial charge is 0.416 e. The van der Waals surface area contributed by atoms with Gasteiger partial charge in [-0.3, -0.25) is 0 Å². The molecule has 98 valence electrons. The van der Waals surface area contributed by atoms with Crippen molar-refractivity contribution in [2.24, 2.45) is 0 Å². The van der Waals surface area contributed by atoms with Gasteiger partial charge in [0.25, 0.3) is 0 Å². The lowest BCUT2D eigenvalue weighted by Gasteiger charge is -2.08. The van der Waals surface area contributed by atoms with Crippen LogP contribution in [0.4, 0.5) is 13.2 Å². The SMILES string of the molecule is FC(F)(F)c1ccc(C(=S)Sc2ccccc2)cc1. The van der Waals surface area contributed by atoms with Crippen LogP contribution >= 0.6 is 24.0 Å². The quantitative estimate of drug-likeness (QED) is 0.554. The first-order valence-corrected chi connectivity index (χ1v) is 6.64. The fourth-order valence-electron chi connectivity index (χ4n) is 1.45. The van der Waals surface area contributed by atoms with Crippen LogP contribution in [0.3, 0.4) is 0 Å². The van der Waals surface area contributed by atoms with E-state index in [1.54, 1.807) is 0 Å². The predicted molar refractivity (Wildman–Crippen MR) is 75.4 cm³/mol. The van der Waals surface area contributed by atoms with E-state index in [2.05, 4.69) is 0 Å². The lowest BCUT2D eigenvalue weighted by Crippen LogP contribution is -2.05. The Morgan fingerprint density at radius 3 is 2.00 bits per heavy atom. The molecule has 0 N–H and O–H groups in total. The Hall–Kier alpha value is -1.33. The van der Waals surface area contributed by atoms with Gasteiger partial charge in [0.2, 0.25) is 0 Å². The van der Waals surface area contributed by atoms with Crippen LogP contribution in [0.1, 0.15) is 11.1 Å². The van der Waals surface area contributed by atoms with E-state index >= 15 is 0 Å². The highest BCUT2D eigenvalue weighted by molar-refractivity contribution is 8.23. The second-order valence-corrected chi connectivity index (χ2v) is 5.53. The Morgan fingerprint density at radius 1 is 0.895 bits per heavy atom. The van der Waals surface area contributed by atoms with Crippen LogP contribution in [-0.2, 0) is 6.18 Å². The van der Waals surface area contributed by atoms with Gasteiger partial charge in [-0.25, -0.2) is 0 Å². The Labute approximate surface area is 118 Å². The maximum Gasteiger partial charge on any atom is 0.416 e. The van der Waals surface area contributed by atoms with Crippen molar-refractivity contribution in [3.8, 4) is 0 Å². The standard InChI is InChI=1S/C14H9F3S2/c15-14(16,17)11-8-6-10(7-9-11)13(18)19-12-4-2-1-3-5-12/h1-9H. The number of hydrogen-bond donors (Lipinski definition) is 0. The van der Waals surface area contributed by atoms with Gasteiger partial charge in [0.15, 0.2) is 0 Å². The summed E-state index contributed by atoms with van der Waals surface area (Å²) in [5, 5.41) is 0. The lowest BCUT2D eigenvalue weighted by atomic mass is 10.1. The molecule has 2 aromatic carbocycles. The molecule has 0 radical (unpaired) electrons. The molecule has 0 atom stereocenters. The van der Waals surface area contributed by atoms with E-state index in [9.17, 15) is 13.2 Å². The van der Waals surface area contributed by atoms with Crippen molar-refractivity contribution in [2.75, 3.05) is 0 Å². The summed E-state index contributed by atoms with van der Waals surface area (Å²) in [7, 11) is 0. The zero-order chi connectivity index (χ0) is 13.9. The first kappa shape index (κ1) is 14.1. The second kappa shape index (κ2) is 5.75. The van der Waals surface area contributed by atoms with Gasteiger partial charge in [-0.2, -0.15) is 13.2 Å². The molecule has 5 heteroatoms. The number of halogens is 3. The van der Waals surface area contributed by atoms with E-state index < -0.39 is 11.7 Å². The maximum atomic E-state index is 12.4. The highest BCUT2D eigenvalue weighted by Gasteiger charge is 2.30. The molecule has 2 rings (SSSR count). The minimum Gasteiger partial charge on any atom is -0.166 e. The number of alkyl halides is 3. The van der Waals surface area contributed by atoms with Crippen molar-refractivity contribution in [3.05, 3.63) is 65.7 Å². The fourth-order valence-corrected chi connectivity index (χ4v) is 2.64. The minimum absolute atomic E-state index is 0.555. The topological polar surface area (TPSA) is 0 Å².